The van der Waals surface area contributed by atoms with Crippen molar-refractivity contribution in [2.45, 2.75) is 19.8 Å². The number of phenolic OH excluding ortho intramolecular Hbond substituents is 1. The highest BCUT2D eigenvalue weighted by Gasteiger charge is 2.30. The molecule has 1 amide bonds. The second-order valence-corrected chi connectivity index (χ2v) is 4.69. The predicted octanol–water partition coefficient (Wildman–Crippen LogP) is 1.94. The molecule has 4 heteroatoms. The molecule has 0 fully saturated rings. The SMILES string of the molecule is CC1=N/C(=C2/CCc3cc(O)ccc32)C(=O)N1C. The van der Waals surface area contributed by atoms with Gasteiger partial charge < -0.3 is 5.11 Å². The molecule has 2 aliphatic rings. The maximum absolute atomic E-state index is 12.1. The number of carbonyl (C=O) groups excluding carboxylic acids is 1. The van der Waals surface area contributed by atoms with E-state index in [1.54, 1.807) is 24.1 Å². The van der Waals surface area contributed by atoms with E-state index >= 15 is 0 Å². The summed E-state index contributed by atoms with van der Waals surface area (Å²) in [7, 11) is 1.74. The van der Waals surface area contributed by atoms with Gasteiger partial charge in [-0.3, -0.25) is 9.69 Å². The van der Waals surface area contributed by atoms with Gasteiger partial charge in [0.15, 0.2) is 0 Å². The van der Waals surface area contributed by atoms with Crippen LogP contribution in [0.4, 0.5) is 0 Å². The van der Waals surface area contributed by atoms with E-state index in [0.29, 0.717) is 5.70 Å². The van der Waals surface area contributed by atoms with E-state index < -0.39 is 0 Å². The summed E-state index contributed by atoms with van der Waals surface area (Å²) in [6.07, 6.45) is 1.67. The van der Waals surface area contributed by atoms with Crippen molar-refractivity contribution in [3.05, 3.63) is 35.0 Å². The highest BCUT2D eigenvalue weighted by molar-refractivity contribution is 6.15. The molecular formula is C14H14N2O2. The fourth-order valence-corrected chi connectivity index (χ4v) is 2.51. The molecule has 1 aliphatic heterocycles. The van der Waals surface area contributed by atoms with E-state index in [4.69, 9.17) is 0 Å². The normalized spacial score (nSPS) is 22.4. The molecule has 0 spiro atoms. The molecule has 1 heterocycles. The number of fused-ring (bicyclic) bond motifs is 1. The molecule has 1 N–H and O–H groups in total. The number of aryl methyl sites for hydroxylation is 1. The number of aromatic hydroxyl groups is 1. The van der Waals surface area contributed by atoms with Gasteiger partial charge in [0, 0.05) is 7.05 Å². The zero-order valence-electron chi connectivity index (χ0n) is 10.4. The molecule has 1 aliphatic carbocycles. The number of allylic oxidation sites excluding steroid dienone is 1. The summed E-state index contributed by atoms with van der Waals surface area (Å²) in [5, 5.41) is 9.47. The summed E-state index contributed by atoms with van der Waals surface area (Å²) >= 11 is 0. The fourth-order valence-electron chi connectivity index (χ4n) is 2.51. The van der Waals surface area contributed by atoms with Crippen LogP contribution < -0.4 is 0 Å². The quantitative estimate of drug-likeness (QED) is 0.707. The van der Waals surface area contributed by atoms with E-state index in [2.05, 4.69) is 4.99 Å². The molecule has 0 saturated heterocycles. The van der Waals surface area contributed by atoms with Gasteiger partial charge in [0.2, 0.25) is 0 Å². The summed E-state index contributed by atoms with van der Waals surface area (Å²) in [4.78, 5) is 18.0. The van der Waals surface area contributed by atoms with Crippen LogP contribution in [-0.2, 0) is 11.2 Å². The molecule has 4 nitrogen and oxygen atoms in total. The maximum Gasteiger partial charge on any atom is 0.277 e. The van der Waals surface area contributed by atoms with Crippen molar-refractivity contribution in [3.63, 3.8) is 0 Å². The first kappa shape index (κ1) is 11.0. The molecule has 1 aromatic rings. The molecule has 0 saturated carbocycles. The Morgan fingerprint density at radius 3 is 2.78 bits per heavy atom. The van der Waals surface area contributed by atoms with Crippen LogP contribution in [0.5, 0.6) is 5.75 Å². The number of rotatable bonds is 0. The Morgan fingerprint density at radius 2 is 2.11 bits per heavy atom. The number of hydrogen-bond donors (Lipinski definition) is 1. The minimum absolute atomic E-state index is 0.0385. The third kappa shape index (κ3) is 1.45. The number of likely N-dealkylation sites (N-methyl/N-ethyl adjacent to an activating group) is 1. The number of aliphatic imine (C=N–C) groups is 1. The van der Waals surface area contributed by atoms with Crippen LogP contribution in [0.3, 0.4) is 0 Å². The topological polar surface area (TPSA) is 52.9 Å². The molecule has 0 atom stereocenters. The molecule has 0 radical (unpaired) electrons. The van der Waals surface area contributed by atoms with Crippen molar-refractivity contribution in [1.82, 2.24) is 4.90 Å². The minimum Gasteiger partial charge on any atom is -0.508 e. The number of phenols is 1. The Hall–Kier alpha value is -2.10. The number of benzene rings is 1. The van der Waals surface area contributed by atoms with Gasteiger partial charge >= 0.3 is 0 Å². The number of amides is 1. The van der Waals surface area contributed by atoms with Crippen molar-refractivity contribution in [3.8, 4) is 5.75 Å². The molecule has 92 valence electrons. The molecule has 0 unspecified atom stereocenters. The van der Waals surface area contributed by atoms with Crippen LogP contribution in [0.15, 0.2) is 28.9 Å². The van der Waals surface area contributed by atoms with E-state index in [1.165, 1.54) is 0 Å². The lowest BCUT2D eigenvalue weighted by atomic mass is 10.1. The largest absolute Gasteiger partial charge is 0.508 e. The van der Waals surface area contributed by atoms with Gasteiger partial charge in [0.05, 0.1) is 0 Å². The zero-order chi connectivity index (χ0) is 12.9. The van der Waals surface area contributed by atoms with Crippen molar-refractivity contribution in [1.29, 1.82) is 0 Å². The highest BCUT2D eigenvalue weighted by Crippen LogP contribution is 2.38. The van der Waals surface area contributed by atoms with Gasteiger partial charge in [-0.05, 0) is 48.6 Å². The lowest BCUT2D eigenvalue weighted by molar-refractivity contribution is -0.121. The molecule has 1 aromatic carbocycles. The highest BCUT2D eigenvalue weighted by atomic mass is 16.3. The number of amidine groups is 1. The molecular weight excluding hydrogens is 228 g/mol. The van der Waals surface area contributed by atoms with E-state index in [0.717, 1.165) is 35.4 Å². The van der Waals surface area contributed by atoms with Crippen LogP contribution in [0.1, 0.15) is 24.5 Å². The van der Waals surface area contributed by atoms with Crippen LogP contribution in [0.25, 0.3) is 5.57 Å². The number of nitrogens with zero attached hydrogens (tertiary/aromatic N) is 2. The Morgan fingerprint density at radius 1 is 1.33 bits per heavy atom. The number of carbonyl (C=O) groups is 1. The summed E-state index contributed by atoms with van der Waals surface area (Å²) in [6, 6.07) is 5.30. The summed E-state index contributed by atoms with van der Waals surface area (Å²) in [5.74, 6) is 0.965. The van der Waals surface area contributed by atoms with Crippen molar-refractivity contribution < 1.29 is 9.90 Å². The average molecular weight is 242 g/mol. The second kappa shape index (κ2) is 3.70. The maximum atomic E-state index is 12.1. The third-order valence-electron chi connectivity index (χ3n) is 3.61. The van der Waals surface area contributed by atoms with Crippen molar-refractivity contribution in [2.75, 3.05) is 7.05 Å². The molecule has 18 heavy (non-hydrogen) atoms. The van der Waals surface area contributed by atoms with E-state index in [-0.39, 0.29) is 11.7 Å². The Bertz CT molecular complexity index is 614. The number of hydrogen-bond acceptors (Lipinski definition) is 3. The molecule has 0 bridgehead atoms. The van der Waals surface area contributed by atoms with E-state index in [9.17, 15) is 9.90 Å². The monoisotopic (exact) mass is 242 g/mol. The fraction of sp³-hybridized carbons (Fsp3) is 0.286. The first-order valence-electron chi connectivity index (χ1n) is 5.96. The predicted molar refractivity (Wildman–Crippen MR) is 69.2 cm³/mol. The average Bonchev–Trinajstić information content (AvgIpc) is 2.85. The summed E-state index contributed by atoms with van der Waals surface area (Å²) in [5.41, 5.74) is 3.69. The van der Waals surface area contributed by atoms with E-state index in [1.807, 2.05) is 13.0 Å². The molecule has 0 aromatic heterocycles. The van der Waals surface area contributed by atoms with Gasteiger partial charge in [-0.25, -0.2) is 4.99 Å². The second-order valence-electron chi connectivity index (χ2n) is 4.69. The Labute approximate surface area is 105 Å². The lowest BCUT2D eigenvalue weighted by Gasteiger charge is -2.07. The van der Waals surface area contributed by atoms with Gasteiger partial charge in [-0.2, -0.15) is 0 Å². The minimum atomic E-state index is -0.0385. The standard InChI is InChI=1S/C14H14N2O2/c1-8-15-13(14(18)16(8)2)12-5-3-9-7-10(17)4-6-11(9)12/h4,6-7,17H,3,5H2,1-2H3/b13-12-. The van der Waals surface area contributed by atoms with Gasteiger partial charge in [0.25, 0.3) is 5.91 Å². The van der Waals surface area contributed by atoms with Crippen molar-refractivity contribution in [2.24, 2.45) is 4.99 Å². The van der Waals surface area contributed by atoms with Gasteiger partial charge in [0.1, 0.15) is 17.3 Å². The smallest absolute Gasteiger partial charge is 0.277 e. The van der Waals surface area contributed by atoms with Crippen LogP contribution in [0.2, 0.25) is 0 Å². The third-order valence-corrected chi connectivity index (χ3v) is 3.61. The van der Waals surface area contributed by atoms with Gasteiger partial charge in [-0.15, -0.1) is 0 Å². The Balaban J connectivity index is 2.15. The van der Waals surface area contributed by atoms with Crippen LogP contribution in [-0.4, -0.2) is 28.8 Å². The van der Waals surface area contributed by atoms with Gasteiger partial charge in [-0.1, -0.05) is 6.07 Å². The Kier molecular flexibility index (Phi) is 2.26. The first-order chi connectivity index (χ1) is 8.58. The summed E-state index contributed by atoms with van der Waals surface area (Å²) < 4.78 is 0. The van der Waals surface area contributed by atoms with Crippen molar-refractivity contribution >= 4 is 17.3 Å². The zero-order valence-corrected chi connectivity index (χ0v) is 10.4. The first-order valence-corrected chi connectivity index (χ1v) is 5.96. The lowest BCUT2D eigenvalue weighted by Crippen LogP contribution is -2.25. The summed E-state index contributed by atoms with van der Waals surface area (Å²) in [6.45, 7) is 1.83. The molecule has 3 rings (SSSR count). The van der Waals surface area contributed by atoms with Crippen LogP contribution >= 0.6 is 0 Å². The van der Waals surface area contributed by atoms with Crippen LogP contribution in [0, 0.1) is 0 Å².